The third kappa shape index (κ3) is 4.83. The summed E-state index contributed by atoms with van der Waals surface area (Å²) >= 11 is 0. The fourth-order valence-corrected chi connectivity index (χ4v) is 1.58. The lowest BCUT2D eigenvalue weighted by atomic mass is 10.1. The molecule has 0 saturated carbocycles. The first-order valence-electron chi connectivity index (χ1n) is 5.48. The van der Waals surface area contributed by atoms with Gasteiger partial charge >= 0.3 is 0 Å². The molecule has 2 N–H and O–H groups in total. The molecule has 2 atom stereocenters. The lowest BCUT2D eigenvalue weighted by Crippen LogP contribution is -2.41. The molecule has 0 saturated heterocycles. The monoisotopic (exact) mass is 211 g/mol. The summed E-state index contributed by atoms with van der Waals surface area (Å²) in [5.74, 6) is 0. The largest absolute Gasteiger partial charge is 0.396 e. The molecule has 0 aromatic rings. The maximum atomic E-state index is 5.21. The van der Waals surface area contributed by atoms with Gasteiger partial charge in [-0.2, -0.15) is 0 Å². The van der Waals surface area contributed by atoms with Crippen molar-refractivity contribution in [2.75, 3.05) is 13.2 Å². The molecule has 4 heteroatoms. The first-order chi connectivity index (χ1) is 7.22. The van der Waals surface area contributed by atoms with Crippen molar-refractivity contribution in [1.29, 1.82) is 0 Å². The Morgan fingerprint density at radius 1 is 1.67 bits per heavy atom. The standard InChI is InChI=1S/C11H21N3O/c1-4-12-11-7-10(3)14-15-6-5-9(2)13-8-11/h4,9,11-13H,1,5-8H2,2-3H3/b14-10-/t9-,11-/m0/s1. The summed E-state index contributed by atoms with van der Waals surface area (Å²) in [4.78, 5) is 5.21. The van der Waals surface area contributed by atoms with Crippen LogP contribution in [0, 0.1) is 0 Å². The molecule has 0 unspecified atom stereocenters. The van der Waals surface area contributed by atoms with Crippen LogP contribution < -0.4 is 10.6 Å². The van der Waals surface area contributed by atoms with Gasteiger partial charge in [-0.05, 0) is 26.5 Å². The van der Waals surface area contributed by atoms with Gasteiger partial charge in [-0.15, -0.1) is 0 Å². The molecule has 4 nitrogen and oxygen atoms in total. The molecule has 0 aromatic carbocycles. The zero-order valence-corrected chi connectivity index (χ0v) is 9.62. The Morgan fingerprint density at radius 3 is 3.20 bits per heavy atom. The molecule has 0 bridgehead atoms. The van der Waals surface area contributed by atoms with E-state index < -0.39 is 0 Å². The summed E-state index contributed by atoms with van der Waals surface area (Å²) in [5.41, 5.74) is 1.02. The zero-order valence-electron chi connectivity index (χ0n) is 9.62. The van der Waals surface area contributed by atoms with Gasteiger partial charge in [0.1, 0.15) is 6.61 Å². The normalized spacial score (nSPS) is 32.0. The van der Waals surface area contributed by atoms with Crippen molar-refractivity contribution in [3.63, 3.8) is 0 Å². The average molecular weight is 211 g/mol. The maximum absolute atomic E-state index is 5.21. The molecule has 1 aliphatic heterocycles. The second-order valence-electron chi connectivity index (χ2n) is 4.03. The second kappa shape index (κ2) is 6.45. The minimum Gasteiger partial charge on any atom is -0.396 e. The fraction of sp³-hybridized carbons (Fsp3) is 0.727. The van der Waals surface area contributed by atoms with Crippen LogP contribution in [0.25, 0.3) is 0 Å². The second-order valence-corrected chi connectivity index (χ2v) is 4.03. The smallest absolute Gasteiger partial charge is 0.118 e. The van der Waals surface area contributed by atoms with Gasteiger partial charge < -0.3 is 15.5 Å². The van der Waals surface area contributed by atoms with E-state index in [2.05, 4.69) is 29.3 Å². The highest BCUT2D eigenvalue weighted by Gasteiger charge is 2.12. The quantitative estimate of drug-likeness (QED) is 0.722. The van der Waals surface area contributed by atoms with Crippen LogP contribution in [0.2, 0.25) is 0 Å². The van der Waals surface area contributed by atoms with Crippen molar-refractivity contribution in [2.45, 2.75) is 38.8 Å². The number of rotatable bonds is 2. The van der Waals surface area contributed by atoms with E-state index >= 15 is 0 Å². The minimum absolute atomic E-state index is 0.343. The first kappa shape index (κ1) is 12.0. The van der Waals surface area contributed by atoms with Gasteiger partial charge in [0.05, 0.1) is 5.71 Å². The Labute approximate surface area is 91.8 Å². The number of hydrogen-bond acceptors (Lipinski definition) is 4. The zero-order chi connectivity index (χ0) is 11.1. The van der Waals surface area contributed by atoms with Crippen molar-refractivity contribution in [2.24, 2.45) is 5.16 Å². The summed E-state index contributed by atoms with van der Waals surface area (Å²) in [7, 11) is 0. The van der Waals surface area contributed by atoms with Crippen molar-refractivity contribution in [3.8, 4) is 0 Å². The molecule has 0 amide bonds. The predicted octanol–water partition coefficient (Wildman–Crippen LogP) is 1.25. The lowest BCUT2D eigenvalue weighted by molar-refractivity contribution is 0.131. The summed E-state index contributed by atoms with van der Waals surface area (Å²) in [6.07, 6.45) is 3.60. The summed E-state index contributed by atoms with van der Waals surface area (Å²) in [6.45, 7) is 9.45. The van der Waals surface area contributed by atoms with Crippen molar-refractivity contribution in [1.82, 2.24) is 10.6 Å². The molecule has 1 heterocycles. The Hall–Kier alpha value is -1.03. The van der Waals surface area contributed by atoms with Crippen LogP contribution in [0.1, 0.15) is 26.7 Å². The summed E-state index contributed by atoms with van der Waals surface area (Å²) < 4.78 is 0. The van der Waals surface area contributed by atoms with Crippen molar-refractivity contribution >= 4 is 5.71 Å². The van der Waals surface area contributed by atoms with Gasteiger partial charge in [0, 0.05) is 25.0 Å². The molecule has 0 radical (unpaired) electrons. The SMILES string of the molecule is C=CN[C@@H]1CN[C@@H](C)CCO/N=C(/C)C1. The van der Waals surface area contributed by atoms with E-state index in [0.29, 0.717) is 18.7 Å². The Kier molecular flexibility index (Phi) is 5.18. The van der Waals surface area contributed by atoms with Crippen LogP contribution in [-0.2, 0) is 4.84 Å². The Bertz CT molecular complexity index is 228. The van der Waals surface area contributed by atoms with Crippen LogP contribution >= 0.6 is 0 Å². The van der Waals surface area contributed by atoms with E-state index in [-0.39, 0.29) is 0 Å². The highest BCUT2D eigenvalue weighted by atomic mass is 16.6. The third-order valence-corrected chi connectivity index (χ3v) is 2.47. The fourth-order valence-electron chi connectivity index (χ4n) is 1.58. The van der Waals surface area contributed by atoms with E-state index in [1.165, 1.54) is 0 Å². The van der Waals surface area contributed by atoms with Crippen LogP contribution in [0.4, 0.5) is 0 Å². The summed E-state index contributed by atoms with van der Waals surface area (Å²) in [6, 6.07) is 0.808. The van der Waals surface area contributed by atoms with Crippen molar-refractivity contribution in [3.05, 3.63) is 12.8 Å². The van der Waals surface area contributed by atoms with Gasteiger partial charge in [0.15, 0.2) is 0 Å². The molecule has 86 valence electrons. The lowest BCUT2D eigenvalue weighted by Gasteiger charge is -2.22. The molecular formula is C11H21N3O. The van der Waals surface area contributed by atoms with Crippen LogP contribution in [0.3, 0.4) is 0 Å². The van der Waals surface area contributed by atoms with E-state index in [4.69, 9.17) is 4.84 Å². The van der Waals surface area contributed by atoms with Gasteiger partial charge in [-0.25, -0.2) is 0 Å². The molecular weight excluding hydrogens is 190 g/mol. The van der Waals surface area contributed by atoms with Crippen LogP contribution in [0.5, 0.6) is 0 Å². The van der Waals surface area contributed by atoms with Gasteiger partial charge in [0.25, 0.3) is 0 Å². The number of oxime groups is 1. The predicted molar refractivity (Wildman–Crippen MR) is 62.9 cm³/mol. The topological polar surface area (TPSA) is 45.6 Å². The van der Waals surface area contributed by atoms with Crippen LogP contribution in [0.15, 0.2) is 17.9 Å². The highest BCUT2D eigenvalue weighted by Crippen LogP contribution is 2.01. The van der Waals surface area contributed by atoms with E-state index in [1.54, 1.807) is 6.20 Å². The molecule has 0 aliphatic carbocycles. The van der Waals surface area contributed by atoms with Gasteiger partial charge in [-0.1, -0.05) is 11.7 Å². The Morgan fingerprint density at radius 2 is 2.47 bits per heavy atom. The molecule has 1 aliphatic rings. The first-order valence-corrected chi connectivity index (χ1v) is 5.48. The number of hydrogen-bond donors (Lipinski definition) is 2. The molecule has 0 spiro atoms. The number of nitrogens with one attached hydrogen (secondary N) is 2. The number of nitrogens with zero attached hydrogens (tertiary/aromatic N) is 1. The third-order valence-electron chi connectivity index (χ3n) is 2.47. The van der Waals surface area contributed by atoms with E-state index in [0.717, 1.165) is 25.1 Å². The molecule has 0 fully saturated rings. The van der Waals surface area contributed by atoms with Crippen molar-refractivity contribution < 1.29 is 4.84 Å². The maximum Gasteiger partial charge on any atom is 0.118 e. The molecule has 0 aromatic heterocycles. The minimum atomic E-state index is 0.343. The van der Waals surface area contributed by atoms with E-state index in [9.17, 15) is 0 Å². The highest BCUT2D eigenvalue weighted by molar-refractivity contribution is 5.81. The molecule has 15 heavy (non-hydrogen) atoms. The van der Waals surface area contributed by atoms with E-state index in [1.807, 2.05) is 6.92 Å². The average Bonchev–Trinajstić information content (AvgIpc) is 2.21. The van der Waals surface area contributed by atoms with Gasteiger partial charge in [0.2, 0.25) is 0 Å². The molecule has 1 rings (SSSR count). The van der Waals surface area contributed by atoms with Crippen LogP contribution in [-0.4, -0.2) is 30.9 Å². The Balaban J connectivity index is 2.54. The van der Waals surface area contributed by atoms with Gasteiger partial charge in [-0.3, -0.25) is 0 Å². The summed E-state index contributed by atoms with van der Waals surface area (Å²) in [5, 5.41) is 10.7.